The number of rotatable bonds is 5. The molecular formula is C20H21FN2O4. The Morgan fingerprint density at radius 1 is 1.26 bits per heavy atom. The summed E-state index contributed by atoms with van der Waals surface area (Å²) in [6.07, 6.45) is 3.27. The average molecular weight is 372 g/mol. The number of carbonyl (C=O) groups excluding carboxylic acids is 1. The Balaban J connectivity index is 1.26. The fourth-order valence-corrected chi connectivity index (χ4v) is 3.48. The van der Waals surface area contributed by atoms with Crippen molar-refractivity contribution in [3.8, 4) is 11.6 Å². The van der Waals surface area contributed by atoms with E-state index in [0.717, 1.165) is 12.8 Å². The lowest BCUT2D eigenvalue weighted by atomic mass is 9.84. The highest BCUT2D eigenvalue weighted by molar-refractivity contribution is 5.79. The maximum absolute atomic E-state index is 12.9. The average Bonchev–Trinajstić information content (AvgIpc) is 2.66. The first-order valence-electron chi connectivity index (χ1n) is 9.00. The van der Waals surface area contributed by atoms with Crippen molar-refractivity contribution in [2.24, 2.45) is 0 Å². The van der Waals surface area contributed by atoms with Gasteiger partial charge in [-0.3, -0.25) is 4.79 Å². The van der Waals surface area contributed by atoms with Crippen LogP contribution in [0.1, 0.15) is 12.8 Å². The molecule has 6 nitrogen and oxygen atoms in total. The lowest BCUT2D eigenvalue weighted by Gasteiger charge is -2.52. The number of hydrogen-bond donors (Lipinski definition) is 0. The SMILES string of the molecule is O=C(COc1ccc(F)cc1)N1CC2(C[C@@H](Oc3ccccn3)CCO2)C1. The van der Waals surface area contributed by atoms with E-state index in [0.29, 0.717) is 31.3 Å². The van der Waals surface area contributed by atoms with Crippen molar-refractivity contribution < 1.29 is 23.4 Å². The third-order valence-electron chi connectivity index (χ3n) is 4.86. The molecule has 0 saturated carbocycles. The third-order valence-corrected chi connectivity index (χ3v) is 4.86. The van der Waals surface area contributed by atoms with E-state index in [1.807, 2.05) is 18.2 Å². The van der Waals surface area contributed by atoms with Crippen molar-refractivity contribution in [2.75, 3.05) is 26.3 Å². The molecule has 27 heavy (non-hydrogen) atoms. The summed E-state index contributed by atoms with van der Waals surface area (Å²) in [7, 11) is 0. The molecule has 2 fully saturated rings. The lowest BCUT2D eigenvalue weighted by Crippen LogP contribution is -2.68. The second-order valence-electron chi connectivity index (χ2n) is 6.92. The molecule has 1 aromatic carbocycles. The molecule has 0 bridgehead atoms. The van der Waals surface area contributed by atoms with Gasteiger partial charge in [0.05, 0.1) is 19.7 Å². The first-order chi connectivity index (χ1) is 13.1. The van der Waals surface area contributed by atoms with Crippen LogP contribution in [0.4, 0.5) is 4.39 Å². The quantitative estimate of drug-likeness (QED) is 0.807. The molecule has 0 radical (unpaired) electrons. The Hall–Kier alpha value is -2.67. The summed E-state index contributed by atoms with van der Waals surface area (Å²) in [4.78, 5) is 18.2. The topological polar surface area (TPSA) is 60.9 Å². The predicted octanol–water partition coefficient (Wildman–Crippen LogP) is 2.44. The van der Waals surface area contributed by atoms with Gasteiger partial charge in [0.25, 0.3) is 5.91 Å². The fraction of sp³-hybridized carbons (Fsp3) is 0.400. The number of carbonyl (C=O) groups is 1. The van der Waals surface area contributed by atoms with Gasteiger partial charge in [-0.2, -0.15) is 0 Å². The van der Waals surface area contributed by atoms with Gasteiger partial charge in [0.15, 0.2) is 6.61 Å². The second kappa shape index (κ2) is 7.52. The summed E-state index contributed by atoms with van der Waals surface area (Å²) in [5, 5.41) is 0. The van der Waals surface area contributed by atoms with E-state index in [1.165, 1.54) is 24.3 Å². The number of pyridine rings is 1. The van der Waals surface area contributed by atoms with Gasteiger partial charge < -0.3 is 19.1 Å². The molecule has 142 valence electrons. The zero-order chi connectivity index (χ0) is 18.7. The number of likely N-dealkylation sites (tertiary alicyclic amines) is 1. The molecule has 3 heterocycles. The predicted molar refractivity (Wildman–Crippen MR) is 95.0 cm³/mol. The van der Waals surface area contributed by atoms with Crippen molar-refractivity contribution >= 4 is 5.91 Å². The van der Waals surface area contributed by atoms with Crippen molar-refractivity contribution in [1.29, 1.82) is 0 Å². The van der Waals surface area contributed by atoms with Crippen LogP contribution in [-0.2, 0) is 9.53 Å². The number of halogens is 1. The molecule has 2 saturated heterocycles. The van der Waals surface area contributed by atoms with E-state index in [9.17, 15) is 9.18 Å². The molecule has 1 atom stereocenters. The zero-order valence-electron chi connectivity index (χ0n) is 14.8. The second-order valence-corrected chi connectivity index (χ2v) is 6.92. The van der Waals surface area contributed by atoms with Crippen molar-refractivity contribution in [3.63, 3.8) is 0 Å². The highest BCUT2D eigenvalue weighted by atomic mass is 19.1. The Morgan fingerprint density at radius 2 is 2.07 bits per heavy atom. The fourth-order valence-electron chi connectivity index (χ4n) is 3.48. The van der Waals surface area contributed by atoms with Crippen LogP contribution in [0, 0.1) is 5.82 Å². The van der Waals surface area contributed by atoms with E-state index >= 15 is 0 Å². The monoisotopic (exact) mass is 372 g/mol. The van der Waals surface area contributed by atoms with Crippen LogP contribution in [0.5, 0.6) is 11.6 Å². The highest BCUT2D eigenvalue weighted by Crippen LogP contribution is 2.35. The van der Waals surface area contributed by atoms with Crippen LogP contribution >= 0.6 is 0 Å². The maximum atomic E-state index is 12.9. The van der Waals surface area contributed by atoms with Gasteiger partial charge in [-0.1, -0.05) is 6.07 Å². The molecule has 2 aliphatic rings. The molecule has 7 heteroatoms. The summed E-state index contributed by atoms with van der Waals surface area (Å²) in [5.41, 5.74) is -0.344. The summed E-state index contributed by atoms with van der Waals surface area (Å²) in [6, 6.07) is 11.2. The van der Waals surface area contributed by atoms with Gasteiger partial charge in [-0.25, -0.2) is 9.37 Å². The van der Waals surface area contributed by atoms with E-state index in [4.69, 9.17) is 14.2 Å². The minimum absolute atomic E-state index is 0.0290. The molecule has 0 aliphatic carbocycles. The van der Waals surface area contributed by atoms with E-state index < -0.39 is 0 Å². The molecule has 2 aromatic rings. The molecule has 4 rings (SSSR count). The Bertz CT molecular complexity index is 778. The van der Waals surface area contributed by atoms with Crippen molar-refractivity contribution in [3.05, 3.63) is 54.5 Å². The van der Waals surface area contributed by atoms with Gasteiger partial charge >= 0.3 is 0 Å². The standard InChI is InChI=1S/C20H21FN2O4/c21-15-4-6-16(7-5-15)25-12-19(24)23-13-20(14-23)11-17(8-10-26-20)27-18-3-1-2-9-22-18/h1-7,9,17H,8,10-14H2/t17-/m0/s1. The summed E-state index contributed by atoms with van der Waals surface area (Å²) < 4.78 is 30.2. The largest absolute Gasteiger partial charge is 0.484 e. The van der Waals surface area contributed by atoms with Gasteiger partial charge in [0, 0.05) is 25.1 Å². The van der Waals surface area contributed by atoms with Crippen molar-refractivity contribution in [1.82, 2.24) is 9.88 Å². The van der Waals surface area contributed by atoms with Gasteiger partial charge in [0.2, 0.25) is 5.88 Å². The number of ether oxygens (including phenoxy) is 3. The molecule has 1 aromatic heterocycles. The summed E-state index contributed by atoms with van der Waals surface area (Å²) >= 11 is 0. The van der Waals surface area contributed by atoms with Gasteiger partial charge in [-0.15, -0.1) is 0 Å². The van der Waals surface area contributed by atoms with Crippen LogP contribution in [0.15, 0.2) is 48.7 Å². The van der Waals surface area contributed by atoms with Crippen LogP contribution in [0.25, 0.3) is 0 Å². The lowest BCUT2D eigenvalue weighted by molar-refractivity contribution is -0.194. The normalized spacial score (nSPS) is 20.8. The molecule has 0 unspecified atom stereocenters. The van der Waals surface area contributed by atoms with Gasteiger partial charge in [0.1, 0.15) is 23.3 Å². The van der Waals surface area contributed by atoms with Crippen molar-refractivity contribution in [2.45, 2.75) is 24.5 Å². The zero-order valence-corrected chi connectivity index (χ0v) is 14.8. The Kier molecular flexibility index (Phi) is 4.94. The maximum Gasteiger partial charge on any atom is 0.260 e. The minimum Gasteiger partial charge on any atom is -0.484 e. The molecular weight excluding hydrogens is 351 g/mol. The molecule has 0 N–H and O–H groups in total. The highest BCUT2D eigenvalue weighted by Gasteiger charge is 2.50. The smallest absolute Gasteiger partial charge is 0.260 e. The third kappa shape index (κ3) is 4.19. The van der Waals surface area contributed by atoms with E-state index in [2.05, 4.69) is 4.98 Å². The summed E-state index contributed by atoms with van der Waals surface area (Å²) in [6.45, 7) is 1.59. The number of aromatic nitrogens is 1. The number of amides is 1. The summed E-state index contributed by atoms with van der Waals surface area (Å²) in [5.74, 6) is 0.633. The van der Waals surface area contributed by atoms with E-state index in [1.54, 1.807) is 11.1 Å². The van der Waals surface area contributed by atoms with E-state index in [-0.39, 0.29) is 30.0 Å². The molecule has 2 aliphatic heterocycles. The minimum atomic E-state index is -0.344. The van der Waals surface area contributed by atoms with Crippen LogP contribution < -0.4 is 9.47 Å². The Labute approximate surface area is 156 Å². The first-order valence-corrected chi connectivity index (χ1v) is 9.00. The molecule has 1 amide bonds. The number of hydrogen-bond acceptors (Lipinski definition) is 5. The number of benzene rings is 1. The first kappa shape index (κ1) is 17.7. The van der Waals surface area contributed by atoms with Crippen LogP contribution in [0.2, 0.25) is 0 Å². The van der Waals surface area contributed by atoms with Crippen LogP contribution in [-0.4, -0.2) is 53.8 Å². The molecule has 1 spiro atoms. The number of nitrogens with zero attached hydrogens (tertiary/aromatic N) is 2. The van der Waals surface area contributed by atoms with Gasteiger partial charge in [-0.05, 0) is 30.3 Å². The Morgan fingerprint density at radius 3 is 2.81 bits per heavy atom. The van der Waals surface area contributed by atoms with Crippen LogP contribution in [0.3, 0.4) is 0 Å².